The number of nitrogens with one attached hydrogen (secondary N) is 1. The molecule has 2 aromatic carbocycles. The van der Waals surface area contributed by atoms with Gasteiger partial charge in [-0.3, -0.25) is 9.59 Å². The standard InChI is InChI=1S/C21H22N2O2S/c1-2-23(15-18-10-6-12-26-18)21(25)14-22-20(24)13-17-9-5-8-16-7-3-4-11-19(16)17/h3-12H,2,13-15H2,1H3,(H,22,24). The molecule has 0 fully saturated rings. The van der Waals surface area contributed by atoms with E-state index in [2.05, 4.69) is 5.32 Å². The van der Waals surface area contributed by atoms with Crippen LogP contribution in [0.1, 0.15) is 17.4 Å². The van der Waals surface area contributed by atoms with Gasteiger partial charge >= 0.3 is 0 Å². The van der Waals surface area contributed by atoms with Crippen molar-refractivity contribution in [2.45, 2.75) is 19.9 Å². The van der Waals surface area contributed by atoms with Crippen LogP contribution in [0, 0.1) is 0 Å². The van der Waals surface area contributed by atoms with E-state index in [9.17, 15) is 9.59 Å². The minimum atomic E-state index is -0.137. The van der Waals surface area contributed by atoms with Crippen molar-refractivity contribution in [3.05, 3.63) is 70.4 Å². The molecular weight excluding hydrogens is 344 g/mol. The van der Waals surface area contributed by atoms with Gasteiger partial charge < -0.3 is 10.2 Å². The highest BCUT2D eigenvalue weighted by Gasteiger charge is 2.14. The average Bonchev–Trinajstić information content (AvgIpc) is 3.18. The van der Waals surface area contributed by atoms with Crippen LogP contribution in [-0.4, -0.2) is 29.8 Å². The Kier molecular flexibility index (Phi) is 6.02. The maximum atomic E-state index is 12.4. The monoisotopic (exact) mass is 366 g/mol. The normalized spacial score (nSPS) is 10.7. The zero-order valence-corrected chi connectivity index (χ0v) is 15.6. The third kappa shape index (κ3) is 4.49. The molecule has 0 saturated heterocycles. The third-order valence-corrected chi connectivity index (χ3v) is 5.19. The Balaban J connectivity index is 1.57. The fourth-order valence-electron chi connectivity index (χ4n) is 2.94. The maximum absolute atomic E-state index is 12.4. The van der Waals surface area contributed by atoms with E-state index in [0.717, 1.165) is 21.2 Å². The van der Waals surface area contributed by atoms with Gasteiger partial charge in [-0.25, -0.2) is 0 Å². The largest absolute Gasteiger partial charge is 0.347 e. The van der Waals surface area contributed by atoms with E-state index >= 15 is 0 Å². The van der Waals surface area contributed by atoms with Crippen LogP contribution in [0.25, 0.3) is 10.8 Å². The van der Waals surface area contributed by atoms with E-state index < -0.39 is 0 Å². The van der Waals surface area contributed by atoms with Gasteiger partial charge in [0.1, 0.15) is 0 Å². The Morgan fingerprint density at radius 2 is 1.85 bits per heavy atom. The topological polar surface area (TPSA) is 49.4 Å². The summed E-state index contributed by atoms with van der Waals surface area (Å²) in [6.45, 7) is 3.19. The van der Waals surface area contributed by atoms with Gasteiger partial charge in [0.15, 0.2) is 0 Å². The number of nitrogens with zero attached hydrogens (tertiary/aromatic N) is 1. The minimum Gasteiger partial charge on any atom is -0.347 e. The number of hydrogen-bond acceptors (Lipinski definition) is 3. The van der Waals surface area contributed by atoms with Crippen LogP contribution in [0.3, 0.4) is 0 Å². The molecule has 0 atom stereocenters. The predicted molar refractivity (Wildman–Crippen MR) is 106 cm³/mol. The van der Waals surface area contributed by atoms with E-state index in [1.807, 2.05) is 66.9 Å². The molecule has 0 aliphatic carbocycles. The summed E-state index contributed by atoms with van der Waals surface area (Å²) in [6.07, 6.45) is 0.270. The second-order valence-corrected chi connectivity index (χ2v) is 7.11. The highest BCUT2D eigenvalue weighted by molar-refractivity contribution is 7.09. The van der Waals surface area contributed by atoms with Crippen molar-refractivity contribution >= 4 is 33.9 Å². The summed E-state index contributed by atoms with van der Waals surface area (Å²) in [5, 5.41) is 6.95. The van der Waals surface area contributed by atoms with Crippen LogP contribution in [0.15, 0.2) is 60.0 Å². The van der Waals surface area contributed by atoms with Gasteiger partial charge in [-0.05, 0) is 34.7 Å². The SMILES string of the molecule is CCN(Cc1cccs1)C(=O)CNC(=O)Cc1cccc2ccccc12. The lowest BCUT2D eigenvalue weighted by molar-refractivity contribution is -0.133. The smallest absolute Gasteiger partial charge is 0.242 e. The Labute approximate surface area is 157 Å². The van der Waals surface area contributed by atoms with Gasteiger partial charge in [-0.15, -0.1) is 11.3 Å². The second-order valence-electron chi connectivity index (χ2n) is 6.08. The molecule has 0 aliphatic rings. The summed E-state index contributed by atoms with van der Waals surface area (Å²) in [5.74, 6) is -0.200. The van der Waals surface area contributed by atoms with E-state index in [-0.39, 0.29) is 24.8 Å². The number of carbonyl (C=O) groups excluding carboxylic acids is 2. The first-order chi connectivity index (χ1) is 12.7. The molecule has 26 heavy (non-hydrogen) atoms. The fraction of sp³-hybridized carbons (Fsp3) is 0.238. The van der Waals surface area contributed by atoms with Crippen molar-refractivity contribution in [2.75, 3.05) is 13.1 Å². The van der Waals surface area contributed by atoms with Gasteiger partial charge in [0.2, 0.25) is 11.8 Å². The lowest BCUT2D eigenvalue weighted by Gasteiger charge is -2.20. The van der Waals surface area contributed by atoms with Gasteiger partial charge in [-0.2, -0.15) is 0 Å². The summed E-state index contributed by atoms with van der Waals surface area (Å²) >= 11 is 1.63. The Morgan fingerprint density at radius 1 is 1.04 bits per heavy atom. The van der Waals surface area contributed by atoms with Gasteiger partial charge in [-0.1, -0.05) is 48.5 Å². The van der Waals surface area contributed by atoms with Crippen LogP contribution in [0.4, 0.5) is 0 Å². The molecule has 2 amide bonds. The van der Waals surface area contributed by atoms with E-state index in [1.54, 1.807) is 16.2 Å². The average molecular weight is 366 g/mol. The molecule has 134 valence electrons. The molecule has 0 saturated carbocycles. The van der Waals surface area contributed by atoms with Gasteiger partial charge in [0, 0.05) is 11.4 Å². The van der Waals surface area contributed by atoms with E-state index in [1.165, 1.54) is 0 Å². The molecule has 1 N–H and O–H groups in total. The van der Waals surface area contributed by atoms with Crippen molar-refractivity contribution in [2.24, 2.45) is 0 Å². The lowest BCUT2D eigenvalue weighted by atomic mass is 10.0. The molecule has 5 heteroatoms. The summed E-state index contributed by atoms with van der Waals surface area (Å²) < 4.78 is 0. The van der Waals surface area contributed by atoms with Crippen LogP contribution in [-0.2, 0) is 22.6 Å². The number of benzene rings is 2. The van der Waals surface area contributed by atoms with E-state index in [0.29, 0.717) is 13.1 Å². The Morgan fingerprint density at radius 3 is 2.62 bits per heavy atom. The first-order valence-corrected chi connectivity index (χ1v) is 9.59. The van der Waals surface area contributed by atoms with Crippen molar-refractivity contribution in [3.63, 3.8) is 0 Å². The number of likely N-dealkylation sites (N-methyl/N-ethyl adjacent to an activating group) is 1. The molecule has 0 spiro atoms. The van der Waals surface area contributed by atoms with Crippen LogP contribution in [0.2, 0.25) is 0 Å². The summed E-state index contributed by atoms with van der Waals surface area (Å²) in [5.41, 5.74) is 0.971. The quantitative estimate of drug-likeness (QED) is 0.694. The lowest BCUT2D eigenvalue weighted by Crippen LogP contribution is -2.40. The number of carbonyl (C=O) groups is 2. The molecule has 0 unspecified atom stereocenters. The highest BCUT2D eigenvalue weighted by Crippen LogP contribution is 2.18. The van der Waals surface area contributed by atoms with Crippen LogP contribution in [0.5, 0.6) is 0 Å². The molecule has 1 heterocycles. The number of hydrogen-bond donors (Lipinski definition) is 1. The van der Waals surface area contributed by atoms with Gasteiger partial charge in [0.25, 0.3) is 0 Å². The molecule has 0 bridgehead atoms. The highest BCUT2D eigenvalue weighted by atomic mass is 32.1. The van der Waals surface area contributed by atoms with Crippen molar-refractivity contribution in [1.29, 1.82) is 0 Å². The second kappa shape index (κ2) is 8.63. The van der Waals surface area contributed by atoms with Crippen LogP contribution < -0.4 is 5.32 Å². The van der Waals surface area contributed by atoms with Crippen molar-refractivity contribution < 1.29 is 9.59 Å². The van der Waals surface area contributed by atoms with Crippen molar-refractivity contribution in [3.8, 4) is 0 Å². The van der Waals surface area contributed by atoms with Gasteiger partial charge in [0.05, 0.1) is 19.5 Å². The number of thiophene rings is 1. The molecule has 1 aromatic heterocycles. The molecule has 3 rings (SSSR count). The van der Waals surface area contributed by atoms with Crippen LogP contribution >= 0.6 is 11.3 Å². The predicted octanol–water partition coefficient (Wildman–Crippen LogP) is 3.61. The number of fused-ring (bicyclic) bond motifs is 1. The Hall–Kier alpha value is -2.66. The molecule has 4 nitrogen and oxygen atoms in total. The number of amides is 2. The zero-order valence-electron chi connectivity index (χ0n) is 14.8. The maximum Gasteiger partial charge on any atom is 0.242 e. The summed E-state index contributed by atoms with van der Waals surface area (Å²) in [7, 11) is 0. The minimum absolute atomic E-state index is 0.0306. The Bertz CT molecular complexity index is 885. The first-order valence-electron chi connectivity index (χ1n) is 8.71. The molecule has 3 aromatic rings. The summed E-state index contributed by atoms with van der Waals surface area (Å²) in [6, 6.07) is 17.9. The molecule has 0 aliphatic heterocycles. The molecule has 0 radical (unpaired) electrons. The third-order valence-electron chi connectivity index (χ3n) is 4.33. The summed E-state index contributed by atoms with van der Waals surface area (Å²) in [4.78, 5) is 27.6. The van der Waals surface area contributed by atoms with Crippen molar-refractivity contribution in [1.82, 2.24) is 10.2 Å². The number of rotatable bonds is 7. The molecular formula is C21H22N2O2S. The fourth-order valence-corrected chi connectivity index (χ4v) is 3.65. The first kappa shape index (κ1) is 18.1. The van der Waals surface area contributed by atoms with E-state index in [4.69, 9.17) is 0 Å². The zero-order chi connectivity index (χ0) is 18.4.